The summed E-state index contributed by atoms with van der Waals surface area (Å²) in [4.78, 5) is 0. The zero-order valence-corrected chi connectivity index (χ0v) is 7.30. The fraction of sp³-hybridized carbons (Fsp3) is 0.333. The number of rotatable bonds is 3. The van der Waals surface area contributed by atoms with Gasteiger partial charge in [-0.1, -0.05) is 0 Å². The lowest BCUT2D eigenvalue weighted by molar-refractivity contribution is 0.264. The van der Waals surface area contributed by atoms with Crippen molar-refractivity contribution in [2.75, 3.05) is 6.61 Å². The van der Waals surface area contributed by atoms with Gasteiger partial charge in [-0.05, 0) is 18.1 Å². The summed E-state index contributed by atoms with van der Waals surface area (Å²) in [6.45, 7) is -0.335. The summed E-state index contributed by atoms with van der Waals surface area (Å²) < 4.78 is 38.1. The molecule has 0 spiro atoms. The first kappa shape index (κ1) is 11.0. The topological polar surface area (TPSA) is 46.2 Å². The maximum absolute atomic E-state index is 13.0. The van der Waals surface area contributed by atoms with Crippen molar-refractivity contribution in [1.29, 1.82) is 0 Å². The molecule has 0 saturated heterocycles. The second-order valence-corrected chi connectivity index (χ2v) is 3.00. The molecule has 14 heavy (non-hydrogen) atoms. The fourth-order valence-electron chi connectivity index (χ4n) is 1.07. The first-order chi connectivity index (χ1) is 6.54. The molecule has 1 aromatic rings. The number of hydrogen-bond acceptors (Lipinski definition) is 2. The Balaban J connectivity index is 2.92. The van der Waals surface area contributed by atoms with Gasteiger partial charge in [0.2, 0.25) is 0 Å². The van der Waals surface area contributed by atoms with Gasteiger partial charge in [-0.25, -0.2) is 13.2 Å². The molecule has 0 amide bonds. The highest BCUT2D eigenvalue weighted by atomic mass is 19.2. The van der Waals surface area contributed by atoms with Crippen molar-refractivity contribution in [3.8, 4) is 0 Å². The third-order valence-corrected chi connectivity index (χ3v) is 1.81. The quantitative estimate of drug-likeness (QED) is 0.722. The van der Waals surface area contributed by atoms with Crippen LogP contribution < -0.4 is 5.73 Å². The maximum atomic E-state index is 13.0. The molecule has 1 rings (SSSR count). The summed E-state index contributed by atoms with van der Waals surface area (Å²) in [5.74, 6) is -3.21. The van der Waals surface area contributed by atoms with Gasteiger partial charge in [0, 0.05) is 12.1 Å². The molecule has 0 heterocycles. The summed E-state index contributed by atoms with van der Waals surface area (Å²) in [6.07, 6.45) is -0.0282. The van der Waals surface area contributed by atoms with E-state index in [1.807, 2.05) is 0 Å². The van der Waals surface area contributed by atoms with Crippen LogP contribution in [0.1, 0.15) is 5.56 Å². The number of benzene rings is 1. The minimum Gasteiger partial charge on any atom is -0.395 e. The molecule has 2 nitrogen and oxygen atoms in total. The molecule has 0 fully saturated rings. The van der Waals surface area contributed by atoms with Crippen molar-refractivity contribution in [2.45, 2.75) is 12.5 Å². The van der Waals surface area contributed by atoms with Crippen LogP contribution in [0.25, 0.3) is 0 Å². The van der Waals surface area contributed by atoms with E-state index < -0.39 is 23.5 Å². The molecule has 0 bridgehead atoms. The summed E-state index contributed by atoms with van der Waals surface area (Å²) >= 11 is 0. The molecular formula is C9H10F3NO. The second-order valence-electron chi connectivity index (χ2n) is 3.00. The largest absolute Gasteiger partial charge is 0.395 e. The average molecular weight is 205 g/mol. The molecule has 1 aromatic carbocycles. The number of hydrogen-bond donors (Lipinski definition) is 2. The Morgan fingerprint density at radius 2 is 1.71 bits per heavy atom. The molecule has 1 atom stereocenters. The Morgan fingerprint density at radius 3 is 2.29 bits per heavy atom. The highest BCUT2D eigenvalue weighted by Crippen LogP contribution is 2.14. The molecule has 0 saturated carbocycles. The lowest BCUT2D eigenvalue weighted by Gasteiger charge is -2.09. The standard InChI is InChI=1S/C9H10F3NO/c10-7-3-9(12)8(11)2-5(7)1-6(13)4-14/h2-3,6,14H,1,4,13H2. The van der Waals surface area contributed by atoms with E-state index in [4.69, 9.17) is 10.8 Å². The van der Waals surface area contributed by atoms with Crippen molar-refractivity contribution < 1.29 is 18.3 Å². The zero-order chi connectivity index (χ0) is 10.7. The Morgan fingerprint density at radius 1 is 1.14 bits per heavy atom. The highest BCUT2D eigenvalue weighted by Gasteiger charge is 2.12. The molecule has 3 N–H and O–H groups in total. The molecule has 0 aliphatic carbocycles. The minimum atomic E-state index is -1.23. The maximum Gasteiger partial charge on any atom is 0.161 e. The molecule has 1 unspecified atom stereocenters. The number of aliphatic hydroxyl groups is 1. The van der Waals surface area contributed by atoms with E-state index in [0.717, 1.165) is 6.07 Å². The number of halogens is 3. The summed E-state index contributed by atoms with van der Waals surface area (Å²) in [5.41, 5.74) is 5.29. The van der Waals surface area contributed by atoms with Gasteiger partial charge in [0.25, 0.3) is 0 Å². The zero-order valence-electron chi connectivity index (χ0n) is 7.30. The van der Waals surface area contributed by atoms with Crippen LogP contribution in [0.3, 0.4) is 0 Å². The van der Waals surface area contributed by atoms with Gasteiger partial charge >= 0.3 is 0 Å². The fourth-order valence-corrected chi connectivity index (χ4v) is 1.07. The van der Waals surface area contributed by atoms with Gasteiger partial charge in [-0.2, -0.15) is 0 Å². The van der Waals surface area contributed by atoms with E-state index in [-0.39, 0.29) is 18.6 Å². The van der Waals surface area contributed by atoms with E-state index in [0.29, 0.717) is 6.07 Å². The predicted molar refractivity (Wildman–Crippen MR) is 45.1 cm³/mol. The second kappa shape index (κ2) is 4.43. The first-order valence-electron chi connectivity index (χ1n) is 4.04. The van der Waals surface area contributed by atoms with Gasteiger partial charge in [0.05, 0.1) is 6.61 Å². The monoisotopic (exact) mass is 205 g/mol. The normalized spacial score (nSPS) is 12.9. The average Bonchev–Trinajstić information content (AvgIpc) is 2.14. The Kier molecular flexibility index (Phi) is 3.49. The molecule has 78 valence electrons. The van der Waals surface area contributed by atoms with Crippen LogP contribution in [0.2, 0.25) is 0 Å². The van der Waals surface area contributed by atoms with E-state index in [9.17, 15) is 13.2 Å². The van der Waals surface area contributed by atoms with Gasteiger partial charge in [0.1, 0.15) is 5.82 Å². The third kappa shape index (κ3) is 2.46. The summed E-state index contributed by atoms with van der Waals surface area (Å²) in [6, 6.07) is 0.545. The summed E-state index contributed by atoms with van der Waals surface area (Å²) in [7, 11) is 0. The van der Waals surface area contributed by atoms with Crippen molar-refractivity contribution in [3.05, 3.63) is 35.1 Å². The SMILES string of the molecule is NC(CO)Cc1cc(F)c(F)cc1F. The van der Waals surface area contributed by atoms with Crippen LogP contribution in [-0.2, 0) is 6.42 Å². The Bertz CT molecular complexity index is 330. The lowest BCUT2D eigenvalue weighted by Crippen LogP contribution is -2.27. The number of nitrogens with two attached hydrogens (primary N) is 1. The predicted octanol–water partition coefficient (Wildman–Crippen LogP) is 0.966. The smallest absolute Gasteiger partial charge is 0.161 e. The molecule has 0 radical (unpaired) electrons. The van der Waals surface area contributed by atoms with Gasteiger partial charge in [-0.3, -0.25) is 0 Å². The van der Waals surface area contributed by atoms with Crippen LogP contribution in [0.4, 0.5) is 13.2 Å². The number of aliphatic hydroxyl groups excluding tert-OH is 1. The van der Waals surface area contributed by atoms with E-state index in [2.05, 4.69) is 0 Å². The van der Waals surface area contributed by atoms with Gasteiger partial charge in [0.15, 0.2) is 11.6 Å². The van der Waals surface area contributed by atoms with Crippen molar-refractivity contribution in [1.82, 2.24) is 0 Å². The lowest BCUT2D eigenvalue weighted by atomic mass is 10.1. The van der Waals surface area contributed by atoms with E-state index in [1.54, 1.807) is 0 Å². The highest BCUT2D eigenvalue weighted by molar-refractivity contribution is 5.21. The summed E-state index contributed by atoms with van der Waals surface area (Å²) in [5, 5.41) is 8.60. The Hall–Kier alpha value is -1.07. The van der Waals surface area contributed by atoms with Crippen LogP contribution >= 0.6 is 0 Å². The van der Waals surface area contributed by atoms with Crippen molar-refractivity contribution in [3.63, 3.8) is 0 Å². The first-order valence-corrected chi connectivity index (χ1v) is 4.04. The van der Waals surface area contributed by atoms with E-state index >= 15 is 0 Å². The molecular weight excluding hydrogens is 195 g/mol. The van der Waals surface area contributed by atoms with Crippen molar-refractivity contribution >= 4 is 0 Å². The molecule has 0 aromatic heterocycles. The molecule has 5 heteroatoms. The minimum absolute atomic E-state index is 0.0282. The molecule has 0 aliphatic rings. The Labute approximate surface area is 79.2 Å². The third-order valence-electron chi connectivity index (χ3n) is 1.81. The van der Waals surface area contributed by atoms with Crippen LogP contribution in [0.5, 0.6) is 0 Å². The van der Waals surface area contributed by atoms with Crippen molar-refractivity contribution in [2.24, 2.45) is 5.73 Å². The van der Waals surface area contributed by atoms with E-state index in [1.165, 1.54) is 0 Å². The van der Waals surface area contributed by atoms with Crippen LogP contribution in [0, 0.1) is 17.5 Å². The van der Waals surface area contributed by atoms with Gasteiger partial charge in [-0.15, -0.1) is 0 Å². The van der Waals surface area contributed by atoms with Crippen LogP contribution in [-0.4, -0.2) is 17.8 Å². The molecule has 0 aliphatic heterocycles. The van der Waals surface area contributed by atoms with Gasteiger partial charge < -0.3 is 10.8 Å². The van der Waals surface area contributed by atoms with Crippen LogP contribution in [0.15, 0.2) is 12.1 Å².